The standard InChI is InChI=1S/C12H14ClN3O/c1-16(2)12(17)8-15-7-10-4-3-9(6-14)5-11(10)13/h3-5,15H,7-8H2,1-2H3. The summed E-state index contributed by atoms with van der Waals surface area (Å²) in [7, 11) is 3.41. The maximum atomic E-state index is 11.3. The highest BCUT2D eigenvalue weighted by Crippen LogP contribution is 2.17. The summed E-state index contributed by atoms with van der Waals surface area (Å²) in [4.78, 5) is 12.8. The van der Waals surface area contributed by atoms with E-state index in [4.69, 9.17) is 16.9 Å². The van der Waals surface area contributed by atoms with Crippen LogP contribution in [0.25, 0.3) is 0 Å². The predicted molar refractivity (Wildman–Crippen MR) is 66.6 cm³/mol. The SMILES string of the molecule is CN(C)C(=O)CNCc1ccc(C#N)cc1Cl. The van der Waals surface area contributed by atoms with E-state index >= 15 is 0 Å². The molecule has 0 aromatic heterocycles. The topological polar surface area (TPSA) is 56.1 Å². The highest BCUT2D eigenvalue weighted by atomic mass is 35.5. The van der Waals surface area contributed by atoms with E-state index in [-0.39, 0.29) is 12.5 Å². The third kappa shape index (κ3) is 4.06. The van der Waals surface area contributed by atoms with Crippen LogP contribution in [0, 0.1) is 11.3 Å². The number of halogens is 1. The van der Waals surface area contributed by atoms with Crippen LogP contribution in [0.3, 0.4) is 0 Å². The largest absolute Gasteiger partial charge is 0.348 e. The van der Waals surface area contributed by atoms with Gasteiger partial charge in [0.1, 0.15) is 0 Å². The zero-order chi connectivity index (χ0) is 12.8. The smallest absolute Gasteiger partial charge is 0.236 e. The Bertz CT molecular complexity index is 452. The molecule has 1 amide bonds. The Morgan fingerprint density at radius 1 is 1.53 bits per heavy atom. The van der Waals surface area contributed by atoms with Crippen LogP contribution in [-0.4, -0.2) is 31.4 Å². The zero-order valence-electron chi connectivity index (χ0n) is 9.83. The minimum absolute atomic E-state index is 0.00904. The number of hydrogen-bond acceptors (Lipinski definition) is 3. The number of rotatable bonds is 4. The van der Waals surface area contributed by atoms with Gasteiger partial charge in [-0.15, -0.1) is 0 Å². The molecule has 0 radical (unpaired) electrons. The molecule has 0 fully saturated rings. The molecule has 1 rings (SSSR count). The lowest BCUT2D eigenvalue weighted by atomic mass is 10.1. The van der Waals surface area contributed by atoms with Crippen molar-refractivity contribution < 1.29 is 4.79 Å². The molecular weight excluding hydrogens is 238 g/mol. The molecule has 0 aliphatic rings. The number of nitrogens with zero attached hydrogens (tertiary/aromatic N) is 2. The van der Waals surface area contributed by atoms with E-state index in [1.165, 1.54) is 4.90 Å². The van der Waals surface area contributed by atoms with Crippen molar-refractivity contribution in [1.29, 1.82) is 5.26 Å². The summed E-state index contributed by atoms with van der Waals surface area (Å²) in [5.41, 5.74) is 1.40. The molecule has 0 unspecified atom stereocenters. The molecule has 5 heteroatoms. The van der Waals surface area contributed by atoms with Gasteiger partial charge in [0.2, 0.25) is 5.91 Å². The number of carbonyl (C=O) groups excluding carboxylic acids is 1. The summed E-state index contributed by atoms with van der Waals surface area (Å²) < 4.78 is 0. The van der Waals surface area contributed by atoms with Gasteiger partial charge in [-0.25, -0.2) is 0 Å². The fourth-order valence-electron chi connectivity index (χ4n) is 1.22. The second-order valence-electron chi connectivity index (χ2n) is 3.81. The highest BCUT2D eigenvalue weighted by molar-refractivity contribution is 6.31. The molecule has 1 aromatic carbocycles. The molecule has 0 bridgehead atoms. The van der Waals surface area contributed by atoms with Gasteiger partial charge in [-0.3, -0.25) is 4.79 Å². The van der Waals surface area contributed by atoms with Gasteiger partial charge in [0.05, 0.1) is 18.2 Å². The maximum Gasteiger partial charge on any atom is 0.236 e. The molecule has 4 nitrogen and oxygen atoms in total. The summed E-state index contributed by atoms with van der Waals surface area (Å²) in [5, 5.41) is 12.2. The van der Waals surface area contributed by atoms with Gasteiger partial charge in [-0.1, -0.05) is 17.7 Å². The highest BCUT2D eigenvalue weighted by Gasteiger charge is 2.05. The molecule has 0 heterocycles. The summed E-state index contributed by atoms with van der Waals surface area (Å²) in [6, 6.07) is 7.13. The molecule has 90 valence electrons. The second-order valence-corrected chi connectivity index (χ2v) is 4.22. The molecule has 0 saturated carbocycles. The molecule has 17 heavy (non-hydrogen) atoms. The van der Waals surface area contributed by atoms with Gasteiger partial charge in [0.15, 0.2) is 0 Å². The average molecular weight is 252 g/mol. The molecular formula is C12H14ClN3O. The van der Waals surface area contributed by atoms with Crippen molar-refractivity contribution in [3.05, 3.63) is 34.3 Å². The molecule has 1 aromatic rings. The summed E-state index contributed by atoms with van der Waals surface area (Å²) in [5.74, 6) is 0.00904. The van der Waals surface area contributed by atoms with Gasteiger partial charge in [0.25, 0.3) is 0 Å². The van der Waals surface area contributed by atoms with E-state index in [9.17, 15) is 4.79 Å². The van der Waals surface area contributed by atoms with Crippen LogP contribution in [0.1, 0.15) is 11.1 Å². The van der Waals surface area contributed by atoms with E-state index in [0.717, 1.165) is 5.56 Å². The number of carbonyl (C=O) groups is 1. The number of benzene rings is 1. The lowest BCUT2D eigenvalue weighted by Crippen LogP contribution is -2.32. The Labute approximate surface area is 106 Å². The maximum absolute atomic E-state index is 11.3. The lowest BCUT2D eigenvalue weighted by molar-refractivity contribution is -0.127. The van der Waals surface area contributed by atoms with Gasteiger partial charge in [0, 0.05) is 25.7 Å². The number of nitrogens with one attached hydrogen (secondary N) is 1. The van der Waals surface area contributed by atoms with Crippen molar-refractivity contribution in [2.75, 3.05) is 20.6 Å². The van der Waals surface area contributed by atoms with Crippen molar-refractivity contribution in [3.63, 3.8) is 0 Å². The van der Waals surface area contributed by atoms with Crippen LogP contribution in [-0.2, 0) is 11.3 Å². The second kappa shape index (κ2) is 6.24. The number of hydrogen-bond donors (Lipinski definition) is 1. The summed E-state index contributed by atoms with van der Waals surface area (Å²) >= 11 is 6.00. The molecule has 0 saturated heterocycles. The van der Waals surface area contributed by atoms with Gasteiger partial charge in [-0.2, -0.15) is 5.26 Å². The third-order valence-electron chi connectivity index (χ3n) is 2.27. The zero-order valence-corrected chi connectivity index (χ0v) is 10.6. The quantitative estimate of drug-likeness (QED) is 0.880. The van der Waals surface area contributed by atoms with Crippen molar-refractivity contribution in [1.82, 2.24) is 10.2 Å². The van der Waals surface area contributed by atoms with Crippen molar-refractivity contribution >= 4 is 17.5 Å². The Balaban J connectivity index is 2.53. The van der Waals surface area contributed by atoms with Crippen LogP contribution in [0.5, 0.6) is 0 Å². The molecule has 0 spiro atoms. The first-order chi connectivity index (χ1) is 8.04. The lowest BCUT2D eigenvalue weighted by Gasteiger charge is -2.11. The van der Waals surface area contributed by atoms with Crippen LogP contribution >= 0.6 is 11.6 Å². The first-order valence-corrected chi connectivity index (χ1v) is 5.51. The summed E-state index contributed by atoms with van der Waals surface area (Å²) in [6.07, 6.45) is 0. The van der Waals surface area contributed by atoms with E-state index in [2.05, 4.69) is 5.32 Å². The van der Waals surface area contributed by atoms with Crippen LogP contribution in [0.4, 0.5) is 0 Å². The number of likely N-dealkylation sites (N-methyl/N-ethyl adjacent to an activating group) is 1. The fraction of sp³-hybridized carbons (Fsp3) is 0.333. The van der Waals surface area contributed by atoms with Crippen molar-refractivity contribution in [2.45, 2.75) is 6.54 Å². The van der Waals surface area contributed by atoms with Crippen molar-refractivity contribution in [2.24, 2.45) is 0 Å². The van der Waals surface area contributed by atoms with Gasteiger partial charge in [-0.05, 0) is 17.7 Å². The Morgan fingerprint density at radius 3 is 2.76 bits per heavy atom. The monoisotopic (exact) mass is 251 g/mol. The van der Waals surface area contributed by atoms with E-state index < -0.39 is 0 Å². The van der Waals surface area contributed by atoms with E-state index in [0.29, 0.717) is 17.1 Å². The average Bonchev–Trinajstić information content (AvgIpc) is 2.30. The Hall–Kier alpha value is -1.57. The molecule has 0 atom stereocenters. The third-order valence-corrected chi connectivity index (χ3v) is 2.62. The Morgan fingerprint density at radius 2 is 2.24 bits per heavy atom. The minimum atomic E-state index is 0.00904. The van der Waals surface area contributed by atoms with Crippen LogP contribution in [0.15, 0.2) is 18.2 Å². The van der Waals surface area contributed by atoms with Gasteiger partial charge >= 0.3 is 0 Å². The first kappa shape index (κ1) is 13.5. The van der Waals surface area contributed by atoms with Crippen LogP contribution < -0.4 is 5.32 Å². The molecule has 1 N–H and O–H groups in total. The summed E-state index contributed by atoms with van der Waals surface area (Å²) in [6.45, 7) is 0.771. The van der Waals surface area contributed by atoms with Crippen molar-refractivity contribution in [3.8, 4) is 6.07 Å². The number of nitriles is 1. The first-order valence-electron chi connectivity index (χ1n) is 5.14. The van der Waals surface area contributed by atoms with E-state index in [1.807, 2.05) is 6.07 Å². The fourth-order valence-corrected chi connectivity index (χ4v) is 1.47. The van der Waals surface area contributed by atoms with E-state index in [1.54, 1.807) is 32.3 Å². The molecule has 0 aliphatic heterocycles. The van der Waals surface area contributed by atoms with Crippen LogP contribution in [0.2, 0.25) is 5.02 Å². The van der Waals surface area contributed by atoms with Gasteiger partial charge < -0.3 is 10.2 Å². The minimum Gasteiger partial charge on any atom is -0.348 e. The molecule has 0 aliphatic carbocycles. The Kier molecular flexibility index (Phi) is 4.95. The normalized spacial score (nSPS) is 9.76. The predicted octanol–water partition coefficient (Wildman–Crippen LogP) is 1.39. The number of amides is 1.